The number of rotatable bonds is 10. The number of nitrogens with zero attached hydrogens (tertiary/aromatic N) is 2. The van der Waals surface area contributed by atoms with E-state index in [4.69, 9.17) is 0 Å². The van der Waals surface area contributed by atoms with E-state index >= 15 is 0 Å². The van der Waals surface area contributed by atoms with Crippen molar-refractivity contribution in [1.29, 1.82) is 0 Å². The molecule has 0 spiro atoms. The second-order valence-electron chi connectivity index (χ2n) is 6.52. The monoisotopic (exact) mass is 317 g/mol. The predicted molar refractivity (Wildman–Crippen MR) is 89.7 cm³/mol. The summed E-state index contributed by atoms with van der Waals surface area (Å²) in [6.07, 6.45) is 8.67. The molecule has 1 heterocycles. The Bertz CT molecular complexity index is 399. The molecule has 1 fully saturated rings. The van der Waals surface area contributed by atoms with Gasteiger partial charge in [0.05, 0.1) is 45.5 Å². The first-order chi connectivity index (χ1) is 9.93. The van der Waals surface area contributed by atoms with E-state index in [1.54, 1.807) is 4.31 Å². The first kappa shape index (κ1) is 18.7. The van der Waals surface area contributed by atoms with Gasteiger partial charge in [0.2, 0.25) is 10.0 Å². The van der Waals surface area contributed by atoms with Crippen LogP contribution in [-0.4, -0.2) is 62.7 Å². The fraction of sp³-hybridized carbons (Fsp3) is 0.875. The highest BCUT2D eigenvalue weighted by molar-refractivity contribution is 7.89. The number of likely N-dealkylation sites (N-methyl/N-ethyl adjacent to an activating group) is 1. The van der Waals surface area contributed by atoms with E-state index in [2.05, 4.69) is 20.6 Å². The molecule has 0 atom stereocenters. The lowest BCUT2D eigenvalue weighted by molar-refractivity contribution is -0.907. The molecule has 0 saturated carbocycles. The van der Waals surface area contributed by atoms with Crippen LogP contribution in [0.15, 0.2) is 12.7 Å². The van der Waals surface area contributed by atoms with Crippen molar-refractivity contribution in [3.8, 4) is 0 Å². The van der Waals surface area contributed by atoms with Gasteiger partial charge in [-0.05, 0) is 12.5 Å². The van der Waals surface area contributed by atoms with Gasteiger partial charge < -0.3 is 4.48 Å². The third-order valence-electron chi connectivity index (χ3n) is 4.50. The SMILES string of the molecule is C=CC[N+]1(C)CCN(S(=O)(=O)CCCCCCCC)CC1. The summed E-state index contributed by atoms with van der Waals surface area (Å²) in [6, 6.07) is 0. The van der Waals surface area contributed by atoms with Crippen LogP contribution in [0.3, 0.4) is 0 Å². The van der Waals surface area contributed by atoms with E-state index in [1.807, 2.05) is 6.08 Å². The Labute approximate surface area is 131 Å². The number of piperazine rings is 1. The van der Waals surface area contributed by atoms with Gasteiger partial charge in [-0.3, -0.25) is 0 Å². The number of quaternary nitrogens is 1. The van der Waals surface area contributed by atoms with Crippen molar-refractivity contribution in [3.05, 3.63) is 12.7 Å². The third kappa shape index (κ3) is 6.49. The van der Waals surface area contributed by atoms with Crippen molar-refractivity contribution in [2.75, 3.05) is 45.5 Å². The molecule has 0 unspecified atom stereocenters. The zero-order valence-corrected chi connectivity index (χ0v) is 14.7. The van der Waals surface area contributed by atoms with Crippen molar-refractivity contribution < 1.29 is 12.9 Å². The van der Waals surface area contributed by atoms with Gasteiger partial charge in [-0.2, -0.15) is 4.31 Å². The summed E-state index contributed by atoms with van der Waals surface area (Å²) in [5.41, 5.74) is 0. The van der Waals surface area contributed by atoms with E-state index in [0.717, 1.165) is 43.4 Å². The summed E-state index contributed by atoms with van der Waals surface area (Å²) in [7, 11) is -0.864. The molecule has 0 aromatic heterocycles. The Hall–Kier alpha value is -0.390. The zero-order chi connectivity index (χ0) is 15.8. The van der Waals surface area contributed by atoms with Crippen molar-refractivity contribution in [2.24, 2.45) is 0 Å². The van der Waals surface area contributed by atoms with Gasteiger partial charge in [0, 0.05) is 0 Å². The third-order valence-corrected chi connectivity index (χ3v) is 6.45. The quantitative estimate of drug-likeness (QED) is 0.353. The van der Waals surface area contributed by atoms with Gasteiger partial charge in [0.1, 0.15) is 0 Å². The molecule has 5 heteroatoms. The fourth-order valence-corrected chi connectivity index (χ4v) is 4.44. The molecular weight excluding hydrogens is 284 g/mol. The molecule has 1 aliphatic rings. The van der Waals surface area contributed by atoms with Gasteiger partial charge in [-0.1, -0.05) is 45.6 Å². The van der Waals surface area contributed by atoms with Crippen LogP contribution in [0.2, 0.25) is 0 Å². The van der Waals surface area contributed by atoms with Crippen molar-refractivity contribution in [1.82, 2.24) is 4.31 Å². The Morgan fingerprint density at radius 3 is 2.24 bits per heavy atom. The van der Waals surface area contributed by atoms with Gasteiger partial charge in [-0.25, -0.2) is 8.42 Å². The van der Waals surface area contributed by atoms with Crippen molar-refractivity contribution in [3.63, 3.8) is 0 Å². The van der Waals surface area contributed by atoms with Gasteiger partial charge in [0.25, 0.3) is 0 Å². The van der Waals surface area contributed by atoms with E-state index in [9.17, 15) is 8.42 Å². The van der Waals surface area contributed by atoms with E-state index in [-0.39, 0.29) is 0 Å². The fourth-order valence-electron chi connectivity index (χ4n) is 2.90. The molecule has 124 valence electrons. The molecule has 4 nitrogen and oxygen atoms in total. The number of hydrogen-bond acceptors (Lipinski definition) is 2. The second-order valence-corrected chi connectivity index (χ2v) is 8.61. The van der Waals surface area contributed by atoms with Gasteiger partial charge in [0.15, 0.2) is 0 Å². The highest BCUT2D eigenvalue weighted by atomic mass is 32.2. The van der Waals surface area contributed by atoms with Crippen LogP contribution < -0.4 is 0 Å². The minimum Gasteiger partial charge on any atom is -0.321 e. The predicted octanol–water partition coefficient (Wildman–Crippen LogP) is 2.62. The normalized spacial score (nSPS) is 19.5. The molecule has 0 aliphatic carbocycles. The maximum absolute atomic E-state index is 12.3. The van der Waals surface area contributed by atoms with Crippen LogP contribution in [0.1, 0.15) is 45.4 Å². The zero-order valence-electron chi connectivity index (χ0n) is 13.9. The van der Waals surface area contributed by atoms with E-state index in [0.29, 0.717) is 18.8 Å². The largest absolute Gasteiger partial charge is 0.321 e. The molecular formula is C16H33N2O2S+. The van der Waals surface area contributed by atoms with Crippen LogP contribution >= 0.6 is 0 Å². The Morgan fingerprint density at radius 2 is 1.67 bits per heavy atom. The summed E-state index contributed by atoms with van der Waals surface area (Å²) < 4.78 is 27.3. The molecule has 0 N–H and O–H groups in total. The molecule has 1 saturated heterocycles. The standard InChI is InChI=1S/C16H33N2O2S/c1-4-6-7-8-9-10-16-21(19,20)17-11-14-18(3,13-5-2)15-12-17/h5H,2,4,6-16H2,1,3H3/q+1. The maximum atomic E-state index is 12.3. The van der Waals surface area contributed by atoms with Crippen LogP contribution in [0.4, 0.5) is 0 Å². The summed E-state index contributed by atoms with van der Waals surface area (Å²) >= 11 is 0. The summed E-state index contributed by atoms with van der Waals surface area (Å²) in [4.78, 5) is 0. The van der Waals surface area contributed by atoms with Crippen LogP contribution in [0, 0.1) is 0 Å². The second kappa shape index (κ2) is 8.91. The average Bonchev–Trinajstić information content (AvgIpc) is 2.43. The van der Waals surface area contributed by atoms with E-state index < -0.39 is 10.0 Å². The van der Waals surface area contributed by atoms with Crippen molar-refractivity contribution >= 4 is 10.0 Å². The van der Waals surface area contributed by atoms with Crippen molar-refractivity contribution in [2.45, 2.75) is 45.4 Å². The summed E-state index contributed by atoms with van der Waals surface area (Å²) in [5, 5.41) is 0. The lowest BCUT2D eigenvalue weighted by Crippen LogP contribution is -2.58. The summed E-state index contributed by atoms with van der Waals surface area (Å²) in [6.45, 7) is 10.00. The smallest absolute Gasteiger partial charge is 0.214 e. The Kier molecular flexibility index (Phi) is 7.92. The molecule has 0 radical (unpaired) electrons. The lowest BCUT2D eigenvalue weighted by atomic mass is 10.1. The number of unbranched alkanes of at least 4 members (excludes halogenated alkanes) is 5. The molecule has 0 amide bonds. The summed E-state index contributed by atoms with van der Waals surface area (Å²) in [5.74, 6) is 0.324. The molecule has 0 bridgehead atoms. The minimum absolute atomic E-state index is 0.324. The van der Waals surface area contributed by atoms with Crippen LogP contribution in [0.25, 0.3) is 0 Å². The molecule has 1 aliphatic heterocycles. The minimum atomic E-state index is -3.04. The molecule has 1 rings (SSSR count). The molecule has 0 aromatic carbocycles. The first-order valence-electron chi connectivity index (χ1n) is 8.36. The van der Waals surface area contributed by atoms with Gasteiger partial charge >= 0.3 is 0 Å². The van der Waals surface area contributed by atoms with Gasteiger partial charge in [-0.15, -0.1) is 0 Å². The first-order valence-corrected chi connectivity index (χ1v) is 9.97. The number of sulfonamides is 1. The number of hydrogen-bond donors (Lipinski definition) is 0. The topological polar surface area (TPSA) is 37.4 Å². The maximum Gasteiger partial charge on any atom is 0.214 e. The lowest BCUT2D eigenvalue weighted by Gasteiger charge is -2.40. The molecule has 21 heavy (non-hydrogen) atoms. The average molecular weight is 318 g/mol. The van der Waals surface area contributed by atoms with Crippen LogP contribution in [-0.2, 0) is 10.0 Å². The molecule has 0 aromatic rings. The highest BCUT2D eigenvalue weighted by Gasteiger charge is 2.33. The highest BCUT2D eigenvalue weighted by Crippen LogP contribution is 2.15. The van der Waals surface area contributed by atoms with Crippen LogP contribution in [0.5, 0.6) is 0 Å². The Morgan fingerprint density at radius 1 is 1.10 bits per heavy atom. The van der Waals surface area contributed by atoms with E-state index in [1.165, 1.54) is 19.3 Å². The Balaban J connectivity index is 2.31.